The molecule has 30 heavy (non-hydrogen) atoms. The number of carbonyl (C=O) groups is 1. The lowest BCUT2D eigenvalue weighted by atomic mass is 10.1. The summed E-state index contributed by atoms with van der Waals surface area (Å²) in [4.78, 5) is 14.5. The first-order chi connectivity index (χ1) is 14.8. The maximum absolute atomic E-state index is 12.5. The molecule has 0 bridgehead atoms. The molecule has 4 rings (SSSR count). The lowest BCUT2D eigenvalue weighted by molar-refractivity contribution is -0.129. The second-order valence-corrected chi connectivity index (χ2v) is 7.53. The molecule has 0 radical (unpaired) electrons. The third-order valence-corrected chi connectivity index (χ3v) is 5.43. The molecule has 1 amide bonds. The van der Waals surface area contributed by atoms with Crippen molar-refractivity contribution in [3.8, 4) is 11.4 Å². The second kappa shape index (κ2) is 10.1. The maximum atomic E-state index is 12.5. The lowest BCUT2D eigenvalue weighted by Gasteiger charge is -2.25. The number of benzene rings is 2. The van der Waals surface area contributed by atoms with Crippen LogP contribution in [0.4, 0.5) is 0 Å². The smallest absolute Gasteiger partial charge is 0.223 e. The molecule has 1 N–H and O–H groups in total. The zero-order valence-corrected chi connectivity index (χ0v) is 17.1. The Balaban J connectivity index is 1.24. The zero-order chi connectivity index (χ0) is 20.6. The van der Waals surface area contributed by atoms with Crippen LogP contribution in [-0.2, 0) is 11.3 Å². The summed E-state index contributed by atoms with van der Waals surface area (Å²) in [6.45, 7) is 2.95. The predicted octanol–water partition coefficient (Wildman–Crippen LogP) is 3.42. The largest absolute Gasteiger partial charge is 0.492 e. The molecule has 2 aromatic carbocycles. The molecule has 0 saturated carbocycles. The average Bonchev–Trinajstić information content (AvgIpc) is 3.43. The van der Waals surface area contributed by atoms with E-state index in [0.717, 1.165) is 42.9 Å². The summed E-state index contributed by atoms with van der Waals surface area (Å²) < 4.78 is 7.54. The van der Waals surface area contributed by atoms with Crippen LogP contribution in [-0.4, -0.2) is 46.3 Å². The number of hydrogen-bond donors (Lipinski definition) is 1. The number of nitrogens with one attached hydrogen (secondary N) is 1. The number of likely N-dealkylation sites (tertiary alicyclic amines) is 1. The molecule has 1 fully saturated rings. The Morgan fingerprint density at radius 2 is 1.97 bits per heavy atom. The van der Waals surface area contributed by atoms with E-state index >= 15 is 0 Å². The van der Waals surface area contributed by atoms with Gasteiger partial charge in [-0.1, -0.05) is 30.3 Å². The minimum atomic E-state index is 0.247. The van der Waals surface area contributed by atoms with Crippen molar-refractivity contribution in [2.45, 2.75) is 31.8 Å². The first-order valence-electron chi connectivity index (χ1n) is 10.6. The molecule has 6 heteroatoms. The molecular weight excluding hydrogens is 376 g/mol. The fraction of sp³-hybridized carbons (Fsp3) is 0.333. The fourth-order valence-corrected chi connectivity index (χ4v) is 3.88. The Bertz CT molecular complexity index is 927. The summed E-state index contributed by atoms with van der Waals surface area (Å²) in [5, 5.41) is 7.73. The van der Waals surface area contributed by atoms with Gasteiger partial charge in [-0.3, -0.25) is 4.79 Å². The SMILES string of the molecule is O=C1CCC(CCNCCOc2ccccc2)N1Cc1cccc(-n2cccn2)c1. The van der Waals surface area contributed by atoms with Crippen LogP contribution >= 0.6 is 0 Å². The van der Waals surface area contributed by atoms with Crippen LogP contribution in [0.5, 0.6) is 5.75 Å². The molecule has 2 heterocycles. The minimum Gasteiger partial charge on any atom is -0.492 e. The quantitative estimate of drug-likeness (QED) is 0.526. The number of aromatic nitrogens is 2. The van der Waals surface area contributed by atoms with Crippen LogP contribution in [0, 0.1) is 0 Å². The van der Waals surface area contributed by atoms with Gasteiger partial charge in [0.15, 0.2) is 0 Å². The van der Waals surface area contributed by atoms with Crippen molar-refractivity contribution in [2.24, 2.45) is 0 Å². The molecule has 1 saturated heterocycles. The molecule has 0 spiro atoms. The number of ether oxygens (including phenoxy) is 1. The highest BCUT2D eigenvalue weighted by Crippen LogP contribution is 2.24. The Labute approximate surface area is 177 Å². The predicted molar refractivity (Wildman–Crippen MR) is 117 cm³/mol. The van der Waals surface area contributed by atoms with Crippen LogP contribution in [0.1, 0.15) is 24.8 Å². The first-order valence-corrected chi connectivity index (χ1v) is 10.6. The number of nitrogens with zero attached hydrogens (tertiary/aromatic N) is 3. The topological polar surface area (TPSA) is 59.4 Å². The van der Waals surface area contributed by atoms with Gasteiger partial charge in [-0.05, 0) is 55.3 Å². The van der Waals surface area contributed by atoms with Crippen molar-refractivity contribution in [1.29, 1.82) is 0 Å². The van der Waals surface area contributed by atoms with Crippen LogP contribution in [0.15, 0.2) is 73.1 Å². The van der Waals surface area contributed by atoms with Crippen molar-refractivity contribution in [3.63, 3.8) is 0 Å². The Morgan fingerprint density at radius 1 is 1.07 bits per heavy atom. The van der Waals surface area contributed by atoms with Crippen LogP contribution in [0.25, 0.3) is 5.69 Å². The molecule has 0 aliphatic carbocycles. The second-order valence-electron chi connectivity index (χ2n) is 7.53. The highest BCUT2D eigenvalue weighted by Gasteiger charge is 2.30. The number of amides is 1. The summed E-state index contributed by atoms with van der Waals surface area (Å²) in [7, 11) is 0. The van der Waals surface area contributed by atoms with E-state index in [1.165, 1.54) is 0 Å². The number of para-hydroxylation sites is 1. The van der Waals surface area contributed by atoms with Gasteiger partial charge in [-0.15, -0.1) is 0 Å². The van der Waals surface area contributed by atoms with Crippen molar-refractivity contribution >= 4 is 5.91 Å². The van der Waals surface area contributed by atoms with Crippen LogP contribution < -0.4 is 10.1 Å². The van der Waals surface area contributed by atoms with E-state index in [-0.39, 0.29) is 11.9 Å². The van der Waals surface area contributed by atoms with Gasteiger partial charge >= 0.3 is 0 Å². The number of rotatable bonds is 10. The Hall–Kier alpha value is -3.12. The lowest BCUT2D eigenvalue weighted by Crippen LogP contribution is -2.35. The molecule has 1 aromatic heterocycles. The number of hydrogen-bond acceptors (Lipinski definition) is 4. The first kappa shape index (κ1) is 20.2. The van der Waals surface area contributed by atoms with Crippen molar-refractivity contribution in [3.05, 3.63) is 78.6 Å². The molecular formula is C24H28N4O2. The molecule has 1 unspecified atom stereocenters. The van der Waals surface area contributed by atoms with Crippen LogP contribution in [0.3, 0.4) is 0 Å². The highest BCUT2D eigenvalue weighted by atomic mass is 16.5. The van der Waals surface area contributed by atoms with Gasteiger partial charge in [0.1, 0.15) is 12.4 Å². The maximum Gasteiger partial charge on any atom is 0.223 e. The monoisotopic (exact) mass is 404 g/mol. The number of carbonyl (C=O) groups excluding carboxylic acids is 1. The van der Waals surface area contributed by atoms with Gasteiger partial charge in [0.25, 0.3) is 0 Å². The van der Waals surface area contributed by atoms with E-state index in [1.54, 1.807) is 6.20 Å². The van der Waals surface area contributed by atoms with Gasteiger partial charge in [-0.2, -0.15) is 5.10 Å². The van der Waals surface area contributed by atoms with E-state index in [9.17, 15) is 4.79 Å². The summed E-state index contributed by atoms with van der Waals surface area (Å²) in [6, 6.07) is 20.3. The molecule has 1 atom stereocenters. The normalized spacial score (nSPS) is 16.2. The van der Waals surface area contributed by atoms with E-state index < -0.39 is 0 Å². The van der Waals surface area contributed by atoms with Gasteiger partial charge in [0.05, 0.1) is 5.69 Å². The van der Waals surface area contributed by atoms with E-state index in [4.69, 9.17) is 4.74 Å². The molecule has 6 nitrogen and oxygen atoms in total. The van der Waals surface area contributed by atoms with Gasteiger partial charge < -0.3 is 15.0 Å². The summed E-state index contributed by atoms with van der Waals surface area (Å²) in [5.74, 6) is 1.14. The van der Waals surface area contributed by atoms with Gasteiger partial charge in [-0.25, -0.2) is 4.68 Å². The molecule has 156 valence electrons. The molecule has 1 aliphatic heterocycles. The van der Waals surface area contributed by atoms with Gasteiger partial charge in [0.2, 0.25) is 5.91 Å². The zero-order valence-electron chi connectivity index (χ0n) is 17.1. The van der Waals surface area contributed by atoms with E-state index in [2.05, 4.69) is 22.5 Å². The average molecular weight is 405 g/mol. The highest BCUT2D eigenvalue weighted by molar-refractivity contribution is 5.78. The fourth-order valence-electron chi connectivity index (χ4n) is 3.88. The third kappa shape index (κ3) is 5.27. The summed E-state index contributed by atoms with van der Waals surface area (Å²) in [6.07, 6.45) is 6.22. The minimum absolute atomic E-state index is 0.247. The van der Waals surface area contributed by atoms with Crippen LogP contribution in [0.2, 0.25) is 0 Å². The Kier molecular flexibility index (Phi) is 6.77. The summed E-state index contributed by atoms with van der Waals surface area (Å²) >= 11 is 0. The van der Waals surface area contributed by atoms with E-state index in [0.29, 0.717) is 19.6 Å². The molecule has 3 aromatic rings. The molecule has 1 aliphatic rings. The third-order valence-electron chi connectivity index (χ3n) is 5.43. The summed E-state index contributed by atoms with van der Waals surface area (Å²) in [5.41, 5.74) is 2.15. The van der Waals surface area contributed by atoms with Crippen molar-refractivity contribution in [2.75, 3.05) is 19.7 Å². The van der Waals surface area contributed by atoms with E-state index in [1.807, 2.05) is 64.3 Å². The standard InChI is InChI=1S/C24H28N4O2/c29-24-11-10-21(12-14-25-15-17-30-23-8-2-1-3-9-23)27(24)19-20-6-4-7-22(18-20)28-16-5-13-26-28/h1-9,13,16,18,21,25H,10-12,14-15,17,19H2. The van der Waals surface area contributed by atoms with Gasteiger partial charge in [0, 0.05) is 37.9 Å². The van der Waals surface area contributed by atoms with Crippen molar-refractivity contribution in [1.82, 2.24) is 20.0 Å². The Morgan fingerprint density at radius 3 is 2.80 bits per heavy atom. The van der Waals surface area contributed by atoms with Crippen molar-refractivity contribution < 1.29 is 9.53 Å².